The fraction of sp³-hybridized carbons (Fsp3) is 0.429. The van der Waals surface area contributed by atoms with Crippen molar-refractivity contribution in [3.63, 3.8) is 0 Å². The van der Waals surface area contributed by atoms with E-state index in [1.165, 1.54) is 11.8 Å². The molecule has 0 amide bonds. The molecule has 1 heterocycles. The zero-order chi connectivity index (χ0) is 15.0. The Labute approximate surface area is 131 Å². The number of ether oxygens (including phenoxy) is 1. The number of methoxy groups -OCH3 is 1. The fourth-order valence-electron chi connectivity index (χ4n) is 2.63. The van der Waals surface area contributed by atoms with Crippen LogP contribution in [0.15, 0.2) is 28.4 Å². The third kappa shape index (κ3) is 2.83. The molecular formula is C14H16BrN3O3. The molecule has 6 nitrogen and oxygen atoms in total. The van der Waals surface area contributed by atoms with Gasteiger partial charge in [-0.2, -0.15) is 0 Å². The molecule has 1 aliphatic carbocycles. The lowest BCUT2D eigenvalue weighted by molar-refractivity contribution is -0.384. The molecule has 0 spiro atoms. The highest BCUT2D eigenvalue weighted by atomic mass is 79.9. The molecular weight excluding hydrogens is 338 g/mol. The maximum absolute atomic E-state index is 11.3. The second kappa shape index (κ2) is 5.55. The van der Waals surface area contributed by atoms with E-state index in [4.69, 9.17) is 4.74 Å². The van der Waals surface area contributed by atoms with E-state index in [0.717, 1.165) is 32.6 Å². The Bertz CT molecular complexity index is 610. The molecule has 1 saturated heterocycles. The topological polar surface area (TPSA) is 58.8 Å². The van der Waals surface area contributed by atoms with Gasteiger partial charge in [-0.15, -0.1) is 0 Å². The van der Waals surface area contributed by atoms with Crippen LogP contribution >= 0.6 is 15.9 Å². The SMILES string of the molecule is COc1cc(N2CCN(C3=CC3)CC2)c([N+](=O)[O-])cc1Br. The number of hydrogen-bond acceptors (Lipinski definition) is 5. The average molecular weight is 354 g/mol. The van der Waals surface area contributed by atoms with Crippen LogP contribution in [-0.2, 0) is 0 Å². The summed E-state index contributed by atoms with van der Waals surface area (Å²) in [6.45, 7) is 3.37. The molecule has 1 aromatic carbocycles. The van der Waals surface area contributed by atoms with Crippen molar-refractivity contribution < 1.29 is 9.66 Å². The van der Waals surface area contributed by atoms with Crippen LogP contribution in [0.25, 0.3) is 0 Å². The van der Waals surface area contributed by atoms with Crippen LogP contribution < -0.4 is 9.64 Å². The maximum atomic E-state index is 11.3. The third-order valence-electron chi connectivity index (χ3n) is 3.86. The Morgan fingerprint density at radius 3 is 2.38 bits per heavy atom. The van der Waals surface area contributed by atoms with Crippen molar-refractivity contribution in [3.8, 4) is 5.75 Å². The van der Waals surface area contributed by atoms with Gasteiger partial charge >= 0.3 is 0 Å². The summed E-state index contributed by atoms with van der Waals surface area (Å²) in [5, 5.41) is 11.3. The van der Waals surface area contributed by atoms with E-state index < -0.39 is 0 Å². The van der Waals surface area contributed by atoms with E-state index in [1.54, 1.807) is 13.2 Å². The summed E-state index contributed by atoms with van der Waals surface area (Å²) < 4.78 is 5.86. The van der Waals surface area contributed by atoms with E-state index in [0.29, 0.717) is 15.9 Å². The first kappa shape index (κ1) is 14.2. The molecule has 2 aliphatic rings. The highest BCUT2D eigenvalue weighted by Crippen LogP contribution is 2.38. The van der Waals surface area contributed by atoms with Crippen molar-refractivity contribution in [3.05, 3.63) is 38.5 Å². The first-order valence-electron chi connectivity index (χ1n) is 6.81. The van der Waals surface area contributed by atoms with Crippen molar-refractivity contribution in [2.75, 3.05) is 38.2 Å². The summed E-state index contributed by atoms with van der Waals surface area (Å²) in [4.78, 5) is 15.4. The zero-order valence-corrected chi connectivity index (χ0v) is 13.3. The largest absolute Gasteiger partial charge is 0.495 e. The molecule has 0 bridgehead atoms. The molecule has 0 atom stereocenters. The number of halogens is 1. The Kier molecular flexibility index (Phi) is 3.75. The van der Waals surface area contributed by atoms with Crippen LogP contribution in [0.5, 0.6) is 5.75 Å². The van der Waals surface area contributed by atoms with Gasteiger partial charge in [-0.1, -0.05) is 6.08 Å². The summed E-state index contributed by atoms with van der Waals surface area (Å²) in [6, 6.07) is 3.26. The number of anilines is 1. The van der Waals surface area contributed by atoms with Crippen LogP contribution in [0.2, 0.25) is 0 Å². The van der Waals surface area contributed by atoms with Gasteiger partial charge in [0.2, 0.25) is 0 Å². The highest BCUT2D eigenvalue weighted by molar-refractivity contribution is 9.10. The van der Waals surface area contributed by atoms with Gasteiger partial charge in [-0.3, -0.25) is 10.1 Å². The van der Waals surface area contributed by atoms with Crippen LogP contribution in [0, 0.1) is 10.1 Å². The average Bonchev–Trinajstić information content (AvgIpc) is 3.32. The van der Waals surface area contributed by atoms with Crippen molar-refractivity contribution in [2.45, 2.75) is 6.42 Å². The summed E-state index contributed by atoms with van der Waals surface area (Å²) >= 11 is 3.31. The molecule has 0 radical (unpaired) electrons. The lowest BCUT2D eigenvalue weighted by atomic mass is 10.2. The number of hydrogen-bond donors (Lipinski definition) is 0. The summed E-state index contributed by atoms with van der Waals surface area (Å²) in [5.41, 5.74) is 2.14. The van der Waals surface area contributed by atoms with E-state index >= 15 is 0 Å². The fourth-order valence-corrected chi connectivity index (χ4v) is 3.12. The minimum Gasteiger partial charge on any atom is -0.495 e. The minimum atomic E-state index is -0.338. The van der Waals surface area contributed by atoms with Gasteiger partial charge < -0.3 is 14.5 Å². The van der Waals surface area contributed by atoms with Gasteiger partial charge in [0.05, 0.1) is 16.5 Å². The van der Waals surface area contributed by atoms with Gasteiger partial charge in [0, 0.05) is 50.4 Å². The second-order valence-electron chi connectivity index (χ2n) is 5.11. The molecule has 0 saturated carbocycles. The maximum Gasteiger partial charge on any atom is 0.293 e. The minimum absolute atomic E-state index is 0.113. The Balaban J connectivity index is 1.86. The summed E-state index contributed by atoms with van der Waals surface area (Å²) in [5.74, 6) is 0.614. The van der Waals surface area contributed by atoms with Gasteiger partial charge in [0.1, 0.15) is 11.4 Å². The quantitative estimate of drug-likeness (QED) is 0.615. The zero-order valence-electron chi connectivity index (χ0n) is 11.7. The van der Waals surface area contributed by atoms with E-state index in [2.05, 4.69) is 31.8 Å². The lowest BCUT2D eigenvalue weighted by Crippen LogP contribution is -2.44. The number of piperazine rings is 1. The Hall–Kier alpha value is -1.76. The standard InChI is InChI=1S/C14H16BrN3O3/c1-21-14-9-12(13(18(19)20)8-11(14)15)17-6-4-16(5-7-17)10-2-3-10/h2,8-9H,3-7H2,1H3. The first-order chi connectivity index (χ1) is 10.1. The number of benzene rings is 1. The smallest absolute Gasteiger partial charge is 0.293 e. The molecule has 0 aromatic heterocycles. The third-order valence-corrected chi connectivity index (χ3v) is 4.48. The molecule has 1 aromatic rings. The predicted molar refractivity (Wildman–Crippen MR) is 83.8 cm³/mol. The second-order valence-corrected chi connectivity index (χ2v) is 5.96. The van der Waals surface area contributed by atoms with Crippen LogP contribution in [-0.4, -0.2) is 43.1 Å². The lowest BCUT2D eigenvalue weighted by Gasteiger charge is -2.36. The van der Waals surface area contributed by atoms with E-state index in [9.17, 15) is 10.1 Å². The molecule has 0 N–H and O–H groups in total. The van der Waals surface area contributed by atoms with Crippen molar-refractivity contribution in [2.24, 2.45) is 0 Å². The molecule has 7 heteroatoms. The van der Waals surface area contributed by atoms with Crippen molar-refractivity contribution in [1.82, 2.24) is 4.90 Å². The summed E-state index contributed by atoms with van der Waals surface area (Å²) in [7, 11) is 1.56. The van der Waals surface area contributed by atoms with Gasteiger partial charge in [-0.25, -0.2) is 0 Å². The number of allylic oxidation sites excluding steroid dienone is 2. The number of nitrogens with zero attached hydrogens (tertiary/aromatic N) is 3. The molecule has 21 heavy (non-hydrogen) atoms. The highest BCUT2D eigenvalue weighted by Gasteiger charge is 2.27. The van der Waals surface area contributed by atoms with Crippen molar-refractivity contribution >= 4 is 27.3 Å². The van der Waals surface area contributed by atoms with E-state index in [-0.39, 0.29) is 10.6 Å². The molecule has 1 aliphatic heterocycles. The first-order valence-corrected chi connectivity index (χ1v) is 7.60. The van der Waals surface area contributed by atoms with Gasteiger partial charge in [0.25, 0.3) is 5.69 Å². The molecule has 0 unspecified atom stereocenters. The predicted octanol–water partition coefficient (Wildman–Crippen LogP) is 2.78. The molecule has 3 rings (SSSR count). The van der Waals surface area contributed by atoms with Gasteiger partial charge in [0.15, 0.2) is 0 Å². The number of nitro benzene ring substituents is 1. The Morgan fingerprint density at radius 1 is 1.24 bits per heavy atom. The molecule has 112 valence electrons. The van der Waals surface area contributed by atoms with Crippen LogP contribution in [0.3, 0.4) is 0 Å². The monoisotopic (exact) mass is 353 g/mol. The van der Waals surface area contributed by atoms with Crippen LogP contribution in [0.4, 0.5) is 11.4 Å². The summed E-state index contributed by atoms with van der Waals surface area (Å²) in [6.07, 6.45) is 3.30. The van der Waals surface area contributed by atoms with Gasteiger partial charge in [-0.05, 0) is 15.9 Å². The number of rotatable bonds is 4. The molecule has 1 fully saturated rings. The van der Waals surface area contributed by atoms with Crippen LogP contribution in [0.1, 0.15) is 6.42 Å². The van der Waals surface area contributed by atoms with E-state index in [1.807, 2.05) is 0 Å². The Morgan fingerprint density at radius 2 is 1.86 bits per heavy atom. The normalized spacial score (nSPS) is 17.5. The number of nitro groups is 1. The van der Waals surface area contributed by atoms with Crippen molar-refractivity contribution in [1.29, 1.82) is 0 Å².